The molecule has 0 saturated heterocycles. The van der Waals surface area contributed by atoms with Gasteiger partial charge in [0.25, 0.3) is 0 Å². The molecule has 0 spiro atoms. The first-order chi connectivity index (χ1) is 13.3. The van der Waals surface area contributed by atoms with E-state index in [0.717, 1.165) is 16.5 Å². The topological polar surface area (TPSA) is 29.9 Å². The number of anilines is 1. The molecule has 1 N–H and O–H groups in total. The van der Waals surface area contributed by atoms with Crippen molar-refractivity contribution in [3.8, 4) is 0 Å². The third-order valence-electron chi connectivity index (χ3n) is 5.58. The van der Waals surface area contributed by atoms with E-state index in [4.69, 9.17) is 16.7 Å². The largest absolute Gasteiger partial charge is 0.362 e. The number of aromatic nitrogens is 2. The van der Waals surface area contributed by atoms with Gasteiger partial charge in [-0.2, -0.15) is 5.10 Å². The van der Waals surface area contributed by atoms with Crippen LogP contribution in [-0.2, 0) is 7.05 Å². The van der Waals surface area contributed by atoms with Crippen LogP contribution in [0, 0.1) is 13.8 Å². The minimum atomic E-state index is -0.0381. The van der Waals surface area contributed by atoms with Crippen LogP contribution < -0.4 is 5.32 Å². The van der Waals surface area contributed by atoms with Crippen molar-refractivity contribution in [2.24, 2.45) is 7.05 Å². The summed E-state index contributed by atoms with van der Waals surface area (Å²) in [6, 6.07) is 17.1. The number of thioether (sulfide) groups is 1. The Bertz CT molecular complexity index is 1010. The van der Waals surface area contributed by atoms with Crippen LogP contribution in [0.15, 0.2) is 48.5 Å². The van der Waals surface area contributed by atoms with Crippen molar-refractivity contribution < 1.29 is 0 Å². The van der Waals surface area contributed by atoms with Gasteiger partial charge in [0.05, 0.1) is 17.0 Å². The van der Waals surface area contributed by atoms with E-state index < -0.39 is 0 Å². The Hall–Kier alpha value is -1.91. The minimum absolute atomic E-state index is 0.0381. The van der Waals surface area contributed by atoms with Crippen molar-refractivity contribution in [2.45, 2.75) is 43.7 Å². The number of hydrogen-bond acceptors (Lipinski definition) is 3. The summed E-state index contributed by atoms with van der Waals surface area (Å²) < 4.78 is 1.95. The zero-order valence-corrected chi connectivity index (χ0v) is 18.5. The van der Waals surface area contributed by atoms with Gasteiger partial charge in [0.2, 0.25) is 0 Å². The van der Waals surface area contributed by atoms with Gasteiger partial charge in [-0.1, -0.05) is 48.0 Å². The summed E-state index contributed by atoms with van der Waals surface area (Å²) in [7, 11) is 2.02. The SMILES string of the molecule is Cc1cc(Cl)ccc1[C@@H]1SC(C)(C)[C@H](c2ccccc2)Nc2c1c(C)nn2C. The van der Waals surface area contributed by atoms with E-state index in [1.54, 1.807) is 0 Å². The van der Waals surface area contributed by atoms with Gasteiger partial charge in [-0.3, -0.25) is 4.68 Å². The molecule has 0 radical (unpaired) electrons. The summed E-state index contributed by atoms with van der Waals surface area (Å²) in [5.74, 6) is 1.10. The van der Waals surface area contributed by atoms with Crippen molar-refractivity contribution in [2.75, 3.05) is 5.32 Å². The predicted octanol–water partition coefficient (Wildman–Crippen LogP) is 6.46. The van der Waals surface area contributed by atoms with E-state index in [1.165, 1.54) is 22.3 Å². The average molecular weight is 412 g/mol. The van der Waals surface area contributed by atoms with E-state index in [-0.39, 0.29) is 16.0 Å². The number of nitrogens with zero attached hydrogens (tertiary/aromatic N) is 2. The van der Waals surface area contributed by atoms with Crippen LogP contribution in [0.25, 0.3) is 0 Å². The predicted molar refractivity (Wildman–Crippen MR) is 120 cm³/mol. The van der Waals surface area contributed by atoms with Crippen LogP contribution in [0.5, 0.6) is 0 Å². The van der Waals surface area contributed by atoms with Gasteiger partial charge in [0, 0.05) is 22.4 Å². The first-order valence-corrected chi connectivity index (χ1v) is 10.8. The van der Waals surface area contributed by atoms with Crippen molar-refractivity contribution >= 4 is 29.2 Å². The summed E-state index contributed by atoms with van der Waals surface area (Å²) in [6.07, 6.45) is 0. The lowest BCUT2D eigenvalue weighted by Crippen LogP contribution is -2.31. The molecule has 0 aliphatic carbocycles. The van der Waals surface area contributed by atoms with Gasteiger partial charge in [0.15, 0.2) is 0 Å². The fraction of sp³-hybridized carbons (Fsp3) is 0.348. The summed E-state index contributed by atoms with van der Waals surface area (Å²) >= 11 is 8.24. The van der Waals surface area contributed by atoms with Crippen LogP contribution >= 0.6 is 23.4 Å². The normalized spacial score (nSPS) is 20.9. The number of fused-ring (bicyclic) bond motifs is 1. The molecule has 2 aromatic carbocycles. The molecule has 146 valence electrons. The van der Waals surface area contributed by atoms with Crippen molar-refractivity contribution in [1.29, 1.82) is 0 Å². The average Bonchev–Trinajstić information content (AvgIpc) is 2.83. The number of halogens is 1. The Kier molecular flexibility index (Phi) is 4.96. The van der Waals surface area contributed by atoms with E-state index in [0.29, 0.717) is 0 Å². The maximum Gasteiger partial charge on any atom is 0.129 e. The van der Waals surface area contributed by atoms with Crippen LogP contribution in [0.1, 0.15) is 53.1 Å². The minimum Gasteiger partial charge on any atom is -0.362 e. The Morgan fingerprint density at radius 2 is 1.82 bits per heavy atom. The first kappa shape index (κ1) is 19.4. The summed E-state index contributed by atoms with van der Waals surface area (Å²) in [5.41, 5.74) is 6.15. The zero-order valence-electron chi connectivity index (χ0n) is 17.0. The molecule has 0 fully saturated rings. The quantitative estimate of drug-likeness (QED) is 0.524. The van der Waals surface area contributed by atoms with E-state index >= 15 is 0 Å². The van der Waals surface area contributed by atoms with E-state index in [1.807, 2.05) is 29.6 Å². The highest BCUT2D eigenvalue weighted by Crippen LogP contribution is 2.55. The van der Waals surface area contributed by atoms with Crippen LogP contribution in [-0.4, -0.2) is 14.5 Å². The summed E-state index contributed by atoms with van der Waals surface area (Å²) in [5, 5.41) is 9.56. The van der Waals surface area contributed by atoms with Gasteiger partial charge < -0.3 is 5.32 Å². The second kappa shape index (κ2) is 7.16. The molecule has 5 heteroatoms. The van der Waals surface area contributed by atoms with Crippen molar-refractivity contribution in [1.82, 2.24) is 9.78 Å². The molecule has 0 bridgehead atoms. The lowest BCUT2D eigenvalue weighted by molar-refractivity contribution is 0.591. The van der Waals surface area contributed by atoms with Crippen molar-refractivity contribution in [3.63, 3.8) is 0 Å². The highest BCUT2D eigenvalue weighted by atomic mass is 35.5. The third kappa shape index (κ3) is 3.33. The number of hydrogen-bond donors (Lipinski definition) is 1. The summed E-state index contributed by atoms with van der Waals surface area (Å²) in [4.78, 5) is 0. The molecule has 2 heterocycles. The Balaban J connectivity index is 1.90. The second-order valence-corrected chi connectivity index (χ2v) is 10.3. The second-order valence-electron chi connectivity index (χ2n) is 8.06. The smallest absolute Gasteiger partial charge is 0.129 e. The highest BCUT2D eigenvalue weighted by molar-refractivity contribution is 8.01. The Morgan fingerprint density at radius 3 is 2.50 bits per heavy atom. The number of aryl methyl sites for hydroxylation is 3. The fourth-order valence-electron chi connectivity index (χ4n) is 4.18. The maximum absolute atomic E-state index is 6.25. The molecular weight excluding hydrogens is 386 g/mol. The molecular formula is C23H26ClN3S. The lowest BCUT2D eigenvalue weighted by atomic mass is 9.94. The molecule has 4 rings (SSSR count). The first-order valence-electron chi connectivity index (χ1n) is 9.57. The monoisotopic (exact) mass is 411 g/mol. The molecule has 0 amide bonds. The molecule has 1 aliphatic rings. The molecule has 3 nitrogen and oxygen atoms in total. The van der Waals surface area contributed by atoms with Crippen molar-refractivity contribution in [3.05, 3.63) is 81.5 Å². The van der Waals surface area contributed by atoms with Crippen LogP contribution in [0.2, 0.25) is 5.02 Å². The van der Waals surface area contributed by atoms with Gasteiger partial charge in [-0.15, -0.1) is 11.8 Å². The maximum atomic E-state index is 6.25. The molecule has 0 saturated carbocycles. The van der Waals surface area contributed by atoms with Gasteiger partial charge in [-0.05, 0) is 56.5 Å². The molecule has 3 aromatic rings. The van der Waals surface area contributed by atoms with E-state index in [9.17, 15) is 0 Å². The van der Waals surface area contributed by atoms with Gasteiger partial charge >= 0.3 is 0 Å². The molecule has 1 aromatic heterocycles. The molecule has 2 atom stereocenters. The molecule has 28 heavy (non-hydrogen) atoms. The number of rotatable bonds is 2. The number of nitrogens with one attached hydrogen (secondary N) is 1. The zero-order chi connectivity index (χ0) is 20.1. The lowest BCUT2D eigenvalue weighted by Gasteiger charge is -2.35. The van der Waals surface area contributed by atoms with Crippen LogP contribution in [0.3, 0.4) is 0 Å². The number of benzene rings is 2. The highest BCUT2D eigenvalue weighted by Gasteiger charge is 2.41. The van der Waals surface area contributed by atoms with Gasteiger partial charge in [0.1, 0.15) is 5.82 Å². The van der Waals surface area contributed by atoms with Gasteiger partial charge in [-0.25, -0.2) is 0 Å². The molecule has 1 aliphatic heterocycles. The molecule has 0 unspecified atom stereocenters. The van der Waals surface area contributed by atoms with Crippen LogP contribution in [0.4, 0.5) is 5.82 Å². The Morgan fingerprint density at radius 1 is 1.11 bits per heavy atom. The Labute approximate surface area is 176 Å². The van der Waals surface area contributed by atoms with E-state index in [2.05, 4.69) is 75.5 Å². The fourth-order valence-corrected chi connectivity index (χ4v) is 6.14. The third-order valence-corrected chi connectivity index (χ3v) is 7.38. The standard InChI is InChI=1S/C23H26ClN3S/c1-14-13-17(24)11-12-18(14)20-19-15(2)26-27(5)22(19)25-21(23(3,4)28-20)16-9-7-6-8-10-16/h6-13,20-21,25H,1-5H3/t20-,21-/m0/s1. The summed E-state index contributed by atoms with van der Waals surface area (Å²) in [6.45, 7) is 8.91.